The zero-order valence-corrected chi connectivity index (χ0v) is 11.2. The van der Waals surface area contributed by atoms with Gasteiger partial charge in [-0.05, 0) is 42.5 Å². The van der Waals surface area contributed by atoms with Gasteiger partial charge in [-0.15, -0.1) is 0 Å². The SMILES string of the molecule is Nc1ccc(COCCCCc2ccccc2)cc1. The van der Waals surface area contributed by atoms with Crippen molar-refractivity contribution in [2.24, 2.45) is 0 Å². The number of anilines is 1. The van der Waals surface area contributed by atoms with Crippen LogP contribution in [0.3, 0.4) is 0 Å². The van der Waals surface area contributed by atoms with Crippen molar-refractivity contribution in [1.29, 1.82) is 0 Å². The lowest BCUT2D eigenvalue weighted by molar-refractivity contribution is 0.117. The first kappa shape index (κ1) is 13.6. The molecule has 0 unspecified atom stereocenters. The minimum atomic E-state index is 0.672. The summed E-state index contributed by atoms with van der Waals surface area (Å²) in [4.78, 5) is 0. The Balaban J connectivity index is 1.56. The average molecular weight is 255 g/mol. The maximum Gasteiger partial charge on any atom is 0.0716 e. The van der Waals surface area contributed by atoms with Gasteiger partial charge in [0.05, 0.1) is 6.61 Å². The van der Waals surface area contributed by atoms with Gasteiger partial charge >= 0.3 is 0 Å². The molecule has 0 spiro atoms. The predicted octanol–water partition coefficient (Wildman–Crippen LogP) is 3.81. The fraction of sp³-hybridized carbons (Fsp3) is 0.294. The monoisotopic (exact) mass is 255 g/mol. The van der Waals surface area contributed by atoms with E-state index in [1.54, 1.807) is 0 Å². The van der Waals surface area contributed by atoms with Gasteiger partial charge in [0.1, 0.15) is 0 Å². The molecule has 0 saturated carbocycles. The van der Waals surface area contributed by atoms with Crippen LogP contribution in [0.2, 0.25) is 0 Å². The highest BCUT2D eigenvalue weighted by molar-refractivity contribution is 5.39. The summed E-state index contributed by atoms with van der Waals surface area (Å²) in [6.45, 7) is 1.49. The van der Waals surface area contributed by atoms with Gasteiger partial charge in [-0.3, -0.25) is 0 Å². The zero-order chi connectivity index (χ0) is 13.3. The van der Waals surface area contributed by atoms with Gasteiger partial charge in [-0.25, -0.2) is 0 Å². The Morgan fingerprint density at radius 2 is 1.53 bits per heavy atom. The van der Waals surface area contributed by atoms with Crippen LogP contribution in [-0.2, 0) is 17.8 Å². The molecule has 100 valence electrons. The number of nitrogen functional groups attached to an aromatic ring is 1. The third kappa shape index (κ3) is 5.14. The van der Waals surface area contributed by atoms with E-state index in [0.29, 0.717) is 6.61 Å². The van der Waals surface area contributed by atoms with Crippen LogP contribution >= 0.6 is 0 Å². The number of rotatable bonds is 7. The molecular formula is C17H21NO. The lowest BCUT2D eigenvalue weighted by atomic mass is 10.1. The molecule has 0 aliphatic heterocycles. The maximum absolute atomic E-state index is 5.66. The van der Waals surface area contributed by atoms with E-state index < -0.39 is 0 Å². The van der Waals surface area contributed by atoms with E-state index in [-0.39, 0.29) is 0 Å². The van der Waals surface area contributed by atoms with E-state index in [9.17, 15) is 0 Å². The Labute approximate surface area is 115 Å². The minimum absolute atomic E-state index is 0.672. The van der Waals surface area contributed by atoms with Crippen LogP contribution in [0.25, 0.3) is 0 Å². The molecule has 2 rings (SSSR count). The van der Waals surface area contributed by atoms with Gasteiger partial charge in [0.15, 0.2) is 0 Å². The van der Waals surface area contributed by atoms with Crippen LogP contribution in [0.15, 0.2) is 54.6 Å². The quantitative estimate of drug-likeness (QED) is 0.603. The molecule has 2 aromatic carbocycles. The Bertz CT molecular complexity index is 464. The fourth-order valence-corrected chi connectivity index (χ4v) is 1.98. The molecule has 0 fully saturated rings. The molecule has 19 heavy (non-hydrogen) atoms. The standard InChI is InChI=1S/C17H21NO/c18-17-11-9-16(10-12-17)14-19-13-5-4-8-15-6-2-1-3-7-15/h1-3,6-7,9-12H,4-5,8,13-14,18H2. The summed E-state index contributed by atoms with van der Waals surface area (Å²) in [7, 11) is 0. The van der Waals surface area contributed by atoms with Crippen molar-refractivity contribution in [2.45, 2.75) is 25.9 Å². The second-order valence-electron chi connectivity index (χ2n) is 4.74. The Morgan fingerprint density at radius 1 is 0.789 bits per heavy atom. The number of unbranched alkanes of at least 4 members (excludes halogenated alkanes) is 1. The minimum Gasteiger partial charge on any atom is -0.399 e. The predicted molar refractivity (Wildman–Crippen MR) is 79.9 cm³/mol. The first-order valence-corrected chi connectivity index (χ1v) is 6.81. The summed E-state index contributed by atoms with van der Waals surface area (Å²) < 4.78 is 5.66. The zero-order valence-electron chi connectivity index (χ0n) is 11.2. The lowest BCUT2D eigenvalue weighted by Gasteiger charge is -2.05. The molecule has 0 saturated heterocycles. The number of hydrogen-bond donors (Lipinski definition) is 1. The lowest BCUT2D eigenvalue weighted by Crippen LogP contribution is -1.97. The molecular weight excluding hydrogens is 234 g/mol. The van der Waals surface area contributed by atoms with E-state index in [4.69, 9.17) is 10.5 Å². The van der Waals surface area contributed by atoms with Gasteiger partial charge in [0.25, 0.3) is 0 Å². The summed E-state index contributed by atoms with van der Waals surface area (Å²) in [6.07, 6.45) is 3.40. The van der Waals surface area contributed by atoms with Crippen LogP contribution in [-0.4, -0.2) is 6.61 Å². The van der Waals surface area contributed by atoms with Crippen molar-refractivity contribution in [3.05, 3.63) is 65.7 Å². The van der Waals surface area contributed by atoms with Gasteiger partial charge in [0, 0.05) is 12.3 Å². The summed E-state index contributed by atoms with van der Waals surface area (Å²) in [6, 6.07) is 18.4. The topological polar surface area (TPSA) is 35.2 Å². The number of ether oxygens (including phenoxy) is 1. The number of aryl methyl sites for hydroxylation is 1. The molecule has 0 aliphatic rings. The van der Waals surface area contributed by atoms with Crippen molar-refractivity contribution in [1.82, 2.24) is 0 Å². The van der Waals surface area contributed by atoms with Crippen LogP contribution in [0.1, 0.15) is 24.0 Å². The second kappa shape index (κ2) is 7.59. The molecule has 2 aromatic rings. The van der Waals surface area contributed by atoms with Crippen molar-refractivity contribution in [3.63, 3.8) is 0 Å². The van der Waals surface area contributed by atoms with Crippen LogP contribution in [0.5, 0.6) is 0 Å². The third-order valence-electron chi connectivity index (χ3n) is 3.10. The van der Waals surface area contributed by atoms with E-state index in [1.165, 1.54) is 17.5 Å². The molecule has 0 atom stereocenters. The highest BCUT2D eigenvalue weighted by atomic mass is 16.5. The number of benzene rings is 2. The Morgan fingerprint density at radius 3 is 2.26 bits per heavy atom. The van der Waals surface area contributed by atoms with E-state index in [0.717, 1.165) is 25.1 Å². The van der Waals surface area contributed by atoms with E-state index >= 15 is 0 Å². The first-order chi connectivity index (χ1) is 9.34. The molecule has 2 N–H and O–H groups in total. The molecule has 0 heterocycles. The number of hydrogen-bond acceptors (Lipinski definition) is 2. The van der Waals surface area contributed by atoms with E-state index in [2.05, 4.69) is 30.3 Å². The normalized spacial score (nSPS) is 10.5. The van der Waals surface area contributed by atoms with E-state index in [1.807, 2.05) is 24.3 Å². The van der Waals surface area contributed by atoms with Crippen molar-refractivity contribution in [3.8, 4) is 0 Å². The number of nitrogens with two attached hydrogens (primary N) is 1. The Hall–Kier alpha value is -1.80. The average Bonchev–Trinajstić information content (AvgIpc) is 2.46. The third-order valence-corrected chi connectivity index (χ3v) is 3.10. The summed E-state index contributed by atoms with van der Waals surface area (Å²) >= 11 is 0. The fourth-order valence-electron chi connectivity index (χ4n) is 1.98. The van der Waals surface area contributed by atoms with Crippen LogP contribution in [0.4, 0.5) is 5.69 Å². The van der Waals surface area contributed by atoms with Gasteiger partial charge in [0.2, 0.25) is 0 Å². The molecule has 0 aromatic heterocycles. The highest BCUT2D eigenvalue weighted by Gasteiger charge is 1.95. The van der Waals surface area contributed by atoms with Crippen molar-refractivity contribution in [2.75, 3.05) is 12.3 Å². The molecule has 0 bridgehead atoms. The van der Waals surface area contributed by atoms with Gasteiger partial charge < -0.3 is 10.5 Å². The van der Waals surface area contributed by atoms with Crippen LogP contribution in [0, 0.1) is 0 Å². The highest BCUT2D eigenvalue weighted by Crippen LogP contribution is 2.08. The summed E-state index contributed by atoms with van der Waals surface area (Å²) in [5.41, 5.74) is 9.02. The molecule has 0 aliphatic carbocycles. The van der Waals surface area contributed by atoms with Crippen molar-refractivity contribution < 1.29 is 4.74 Å². The molecule has 0 amide bonds. The largest absolute Gasteiger partial charge is 0.399 e. The van der Waals surface area contributed by atoms with Crippen LogP contribution < -0.4 is 5.73 Å². The molecule has 2 heteroatoms. The van der Waals surface area contributed by atoms with Crippen molar-refractivity contribution >= 4 is 5.69 Å². The van der Waals surface area contributed by atoms with Gasteiger partial charge in [-0.1, -0.05) is 42.5 Å². The first-order valence-electron chi connectivity index (χ1n) is 6.81. The second-order valence-corrected chi connectivity index (χ2v) is 4.74. The maximum atomic E-state index is 5.66. The Kier molecular flexibility index (Phi) is 5.45. The summed E-state index contributed by atoms with van der Waals surface area (Å²) in [5.74, 6) is 0. The smallest absolute Gasteiger partial charge is 0.0716 e. The summed E-state index contributed by atoms with van der Waals surface area (Å²) in [5, 5.41) is 0. The van der Waals surface area contributed by atoms with Gasteiger partial charge in [-0.2, -0.15) is 0 Å². The molecule has 0 radical (unpaired) electrons. The molecule has 2 nitrogen and oxygen atoms in total.